The molecule has 3 heterocycles. The molecule has 0 aliphatic carbocycles. The fraction of sp³-hybridized carbons (Fsp3) is 0.333. The number of hydrogen-bond acceptors (Lipinski definition) is 6. The topological polar surface area (TPSA) is 88.4 Å². The van der Waals surface area contributed by atoms with Gasteiger partial charge in [-0.3, -0.25) is 14.9 Å². The molecule has 120 valence electrons. The van der Waals surface area contributed by atoms with Gasteiger partial charge in [-0.25, -0.2) is 4.98 Å². The third kappa shape index (κ3) is 3.65. The molecule has 23 heavy (non-hydrogen) atoms. The second kappa shape index (κ2) is 6.74. The Hall–Kier alpha value is -2.48. The van der Waals surface area contributed by atoms with E-state index in [0.717, 1.165) is 35.8 Å². The van der Waals surface area contributed by atoms with Gasteiger partial charge in [0.15, 0.2) is 0 Å². The summed E-state index contributed by atoms with van der Waals surface area (Å²) < 4.78 is 0. The van der Waals surface area contributed by atoms with Gasteiger partial charge in [0.1, 0.15) is 5.82 Å². The molecule has 0 unspecified atom stereocenters. The number of pyridine rings is 1. The quantitative estimate of drug-likeness (QED) is 0.671. The van der Waals surface area contributed by atoms with Crippen LogP contribution >= 0.6 is 11.3 Å². The van der Waals surface area contributed by atoms with Gasteiger partial charge < -0.3 is 10.2 Å². The highest BCUT2D eigenvalue weighted by atomic mass is 32.1. The Balaban J connectivity index is 1.56. The lowest BCUT2D eigenvalue weighted by molar-refractivity contribution is -0.380. The van der Waals surface area contributed by atoms with Crippen molar-refractivity contribution < 1.29 is 9.72 Å². The number of rotatable bonds is 5. The van der Waals surface area contributed by atoms with Crippen LogP contribution in [0.5, 0.6) is 0 Å². The highest BCUT2D eigenvalue weighted by Gasteiger charge is 2.15. The fourth-order valence-corrected chi connectivity index (χ4v) is 3.21. The van der Waals surface area contributed by atoms with E-state index in [1.807, 2.05) is 12.1 Å². The summed E-state index contributed by atoms with van der Waals surface area (Å²) in [6.45, 7) is 2.43. The van der Waals surface area contributed by atoms with Gasteiger partial charge in [0, 0.05) is 31.9 Å². The van der Waals surface area contributed by atoms with Crippen molar-refractivity contribution in [3.05, 3.63) is 51.0 Å². The van der Waals surface area contributed by atoms with Crippen molar-refractivity contribution in [1.82, 2.24) is 10.3 Å². The van der Waals surface area contributed by atoms with Gasteiger partial charge in [-0.05, 0) is 30.5 Å². The van der Waals surface area contributed by atoms with E-state index in [4.69, 9.17) is 0 Å². The summed E-state index contributed by atoms with van der Waals surface area (Å²) in [6, 6.07) is 6.71. The van der Waals surface area contributed by atoms with Crippen LogP contribution in [0.1, 0.15) is 28.1 Å². The van der Waals surface area contributed by atoms with E-state index in [1.165, 1.54) is 25.0 Å². The average molecular weight is 332 g/mol. The zero-order chi connectivity index (χ0) is 16.2. The molecule has 0 bridgehead atoms. The normalized spacial score (nSPS) is 14.0. The molecule has 2 aromatic heterocycles. The predicted molar refractivity (Wildman–Crippen MR) is 87.8 cm³/mol. The summed E-state index contributed by atoms with van der Waals surface area (Å²) in [5, 5.41) is 13.3. The summed E-state index contributed by atoms with van der Waals surface area (Å²) >= 11 is 0.870. The molecule has 0 atom stereocenters. The number of carbonyl (C=O) groups is 1. The van der Waals surface area contributed by atoms with Crippen molar-refractivity contribution in [2.24, 2.45) is 0 Å². The minimum atomic E-state index is -0.498. The molecule has 1 aliphatic rings. The average Bonchev–Trinajstić information content (AvgIpc) is 3.24. The molecule has 1 N–H and O–H groups in total. The van der Waals surface area contributed by atoms with E-state index < -0.39 is 4.92 Å². The molecule has 0 aromatic carbocycles. The number of amides is 1. The number of thiophene rings is 1. The maximum absolute atomic E-state index is 12.0. The van der Waals surface area contributed by atoms with Crippen LogP contribution in [0.4, 0.5) is 10.8 Å². The monoisotopic (exact) mass is 332 g/mol. The molecule has 1 saturated heterocycles. The summed E-state index contributed by atoms with van der Waals surface area (Å²) in [5.74, 6) is 0.651. The van der Waals surface area contributed by atoms with Crippen molar-refractivity contribution in [1.29, 1.82) is 0 Å². The van der Waals surface area contributed by atoms with Gasteiger partial charge in [0.2, 0.25) is 0 Å². The lowest BCUT2D eigenvalue weighted by Gasteiger charge is -2.16. The summed E-state index contributed by atoms with van der Waals surface area (Å²) in [4.78, 5) is 29.1. The number of anilines is 1. The van der Waals surface area contributed by atoms with Gasteiger partial charge in [0.05, 0.1) is 9.80 Å². The fourth-order valence-electron chi connectivity index (χ4n) is 2.47. The van der Waals surface area contributed by atoms with E-state index in [-0.39, 0.29) is 10.9 Å². The van der Waals surface area contributed by atoms with Gasteiger partial charge >= 0.3 is 5.00 Å². The van der Waals surface area contributed by atoms with E-state index in [9.17, 15) is 14.9 Å². The van der Waals surface area contributed by atoms with Gasteiger partial charge in [-0.15, -0.1) is 0 Å². The Labute approximate surface area is 137 Å². The third-order valence-corrected chi connectivity index (χ3v) is 4.72. The van der Waals surface area contributed by atoms with Crippen LogP contribution in [-0.2, 0) is 6.54 Å². The summed E-state index contributed by atoms with van der Waals surface area (Å²) in [5.41, 5.74) is 0.896. The summed E-state index contributed by atoms with van der Waals surface area (Å²) in [7, 11) is 0. The number of nitrogens with one attached hydrogen (secondary N) is 1. The maximum atomic E-state index is 12.0. The maximum Gasteiger partial charge on any atom is 0.324 e. The first-order valence-electron chi connectivity index (χ1n) is 7.36. The standard InChI is InChI=1S/C15H16N4O3S/c20-15(12-4-6-14(23-12)19(21)22)17-10-11-3-5-13(16-9-11)18-7-1-2-8-18/h3-6,9H,1-2,7-8,10H2,(H,17,20). The van der Waals surface area contributed by atoms with Gasteiger partial charge in [-0.2, -0.15) is 0 Å². The van der Waals surface area contributed by atoms with Gasteiger partial charge in [0.25, 0.3) is 5.91 Å². The highest BCUT2D eigenvalue weighted by Crippen LogP contribution is 2.23. The first-order chi connectivity index (χ1) is 11.1. The first-order valence-corrected chi connectivity index (χ1v) is 8.17. The van der Waals surface area contributed by atoms with Crippen LogP contribution in [-0.4, -0.2) is 28.9 Å². The largest absolute Gasteiger partial charge is 0.357 e. The van der Waals surface area contributed by atoms with Crippen LogP contribution in [0.3, 0.4) is 0 Å². The van der Waals surface area contributed by atoms with Crippen LogP contribution in [0.25, 0.3) is 0 Å². The molecule has 0 spiro atoms. The van der Waals surface area contributed by atoms with Crippen molar-refractivity contribution in [2.45, 2.75) is 19.4 Å². The van der Waals surface area contributed by atoms with Crippen molar-refractivity contribution in [2.75, 3.05) is 18.0 Å². The van der Waals surface area contributed by atoms with E-state index in [2.05, 4.69) is 15.2 Å². The molecule has 0 radical (unpaired) electrons. The lowest BCUT2D eigenvalue weighted by Crippen LogP contribution is -2.22. The zero-order valence-electron chi connectivity index (χ0n) is 12.4. The van der Waals surface area contributed by atoms with E-state index in [1.54, 1.807) is 6.20 Å². The first kappa shape index (κ1) is 15.4. The molecule has 8 heteroatoms. The molecule has 1 fully saturated rings. The molecule has 7 nitrogen and oxygen atoms in total. The number of nitrogens with zero attached hydrogens (tertiary/aromatic N) is 3. The summed E-state index contributed by atoms with van der Waals surface area (Å²) in [6.07, 6.45) is 4.16. The van der Waals surface area contributed by atoms with E-state index in [0.29, 0.717) is 11.4 Å². The molecule has 0 saturated carbocycles. The van der Waals surface area contributed by atoms with Crippen LogP contribution in [0, 0.1) is 10.1 Å². The molecule has 2 aromatic rings. The Bertz CT molecular complexity index is 708. The Kier molecular flexibility index (Phi) is 4.52. The van der Waals surface area contributed by atoms with Crippen LogP contribution in [0.2, 0.25) is 0 Å². The second-order valence-electron chi connectivity index (χ2n) is 5.30. The molecule has 3 rings (SSSR count). The van der Waals surface area contributed by atoms with Crippen LogP contribution in [0.15, 0.2) is 30.5 Å². The van der Waals surface area contributed by atoms with Gasteiger partial charge in [-0.1, -0.05) is 17.4 Å². The van der Waals surface area contributed by atoms with Crippen LogP contribution < -0.4 is 10.2 Å². The molecular weight excluding hydrogens is 316 g/mol. The molecule has 1 aliphatic heterocycles. The lowest BCUT2D eigenvalue weighted by atomic mass is 10.2. The number of carbonyl (C=O) groups excluding carboxylic acids is 1. The third-order valence-electron chi connectivity index (χ3n) is 3.69. The van der Waals surface area contributed by atoms with Crippen molar-refractivity contribution >= 4 is 28.1 Å². The second-order valence-corrected chi connectivity index (χ2v) is 6.36. The molecular formula is C15H16N4O3S. The number of nitro groups is 1. The number of hydrogen-bond donors (Lipinski definition) is 1. The smallest absolute Gasteiger partial charge is 0.324 e. The Morgan fingerprint density at radius 3 is 2.70 bits per heavy atom. The minimum Gasteiger partial charge on any atom is -0.357 e. The zero-order valence-corrected chi connectivity index (χ0v) is 13.2. The predicted octanol–water partition coefficient (Wildman–Crippen LogP) is 2.58. The Morgan fingerprint density at radius 2 is 2.09 bits per heavy atom. The SMILES string of the molecule is O=C(NCc1ccc(N2CCCC2)nc1)c1ccc([N+](=O)[O-])s1. The van der Waals surface area contributed by atoms with Crippen molar-refractivity contribution in [3.63, 3.8) is 0 Å². The number of aromatic nitrogens is 1. The highest BCUT2D eigenvalue weighted by molar-refractivity contribution is 7.17. The van der Waals surface area contributed by atoms with E-state index >= 15 is 0 Å². The minimum absolute atomic E-state index is 0.0354. The van der Waals surface area contributed by atoms with Crippen molar-refractivity contribution in [3.8, 4) is 0 Å². The molecule has 1 amide bonds. The Morgan fingerprint density at radius 1 is 1.30 bits per heavy atom.